The number of amides is 1. The zero-order valence-electron chi connectivity index (χ0n) is 19.7. The first kappa shape index (κ1) is 23.9. The molecular weight excluding hydrogens is 372 g/mol. The molecule has 1 atom stereocenters. The van der Waals surface area contributed by atoms with Crippen LogP contribution in [0.2, 0.25) is 0 Å². The average Bonchev–Trinajstić information content (AvgIpc) is 2.71. The molecular formula is C26H38N2O2. The van der Waals surface area contributed by atoms with Crippen LogP contribution in [0, 0.1) is 13.8 Å². The van der Waals surface area contributed by atoms with Crippen LogP contribution in [0.4, 0.5) is 0 Å². The van der Waals surface area contributed by atoms with Crippen molar-refractivity contribution in [3.8, 4) is 5.75 Å². The molecule has 1 N–H and O–H groups in total. The summed E-state index contributed by atoms with van der Waals surface area (Å²) < 4.78 is 5.68. The summed E-state index contributed by atoms with van der Waals surface area (Å²) in [4.78, 5) is 14.8. The minimum atomic E-state index is -0.100. The summed E-state index contributed by atoms with van der Waals surface area (Å²) in [5.74, 6) is 0.628. The Morgan fingerprint density at radius 1 is 1.00 bits per heavy atom. The number of carbonyl (C=O) groups is 1. The van der Waals surface area contributed by atoms with E-state index in [4.69, 9.17) is 4.74 Å². The van der Waals surface area contributed by atoms with Crippen molar-refractivity contribution in [3.63, 3.8) is 0 Å². The van der Waals surface area contributed by atoms with Gasteiger partial charge in [0.1, 0.15) is 5.75 Å². The van der Waals surface area contributed by atoms with Crippen molar-refractivity contribution < 1.29 is 9.53 Å². The van der Waals surface area contributed by atoms with Gasteiger partial charge < -0.3 is 10.1 Å². The predicted octanol–water partition coefficient (Wildman–Crippen LogP) is 5.18. The number of aryl methyl sites for hydroxylation is 2. The molecule has 2 rings (SSSR count). The monoisotopic (exact) mass is 410 g/mol. The summed E-state index contributed by atoms with van der Waals surface area (Å²) in [6.07, 6.45) is 0. The van der Waals surface area contributed by atoms with Gasteiger partial charge in [0.15, 0.2) is 6.61 Å². The van der Waals surface area contributed by atoms with Gasteiger partial charge in [0.2, 0.25) is 0 Å². The molecule has 164 valence electrons. The zero-order valence-corrected chi connectivity index (χ0v) is 19.7. The molecule has 0 aromatic heterocycles. The van der Waals surface area contributed by atoms with Crippen LogP contribution < -0.4 is 10.1 Å². The number of benzene rings is 2. The number of rotatable bonds is 9. The Hall–Kier alpha value is -2.33. The maximum absolute atomic E-state index is 12.4. The number of nitrogens with one attached hydrogen (secondary N) is 1. The van der Waals surface area contributed by atoms with Crippen molar-refractivity contribution >= 4 is 5.91 Å². The standard InChI is InChI=1S/C26H38N2O2/c1-8-28(9-2)24(21-11-13-22(14-12-21)26(5,6)7)17-27-25(29)18-30-23-15-10-19(3)20(4)16-23/h10-16,24H,8-9,17-18H2,1-7H3,(H,27,29)/t24-/m1/s1. The SMILES string of the molecule is CCN(CC)[C@H](CNC(=O)COc1ccc(C)c(C)c1)c1ccc(C(C)(C)C)cc1. The van der Waals surface area contributed by atoms with Crippen molar-refractivity contribution in [2.75, 3.05) is 26.2 Å². The van der Waals surface area contributed by atoms with Gasteiger partial charge in [-0.1, -0.05) is 65.0 Å². The zero-order chi connectivity index (χ0) is 22.3. The largest absolute Gasteiger partial charge is 0.484 e. The van der Waals surface area contributed by atoms with Gasteiger partial charge in [-0.15, -0.1) is 0 Å². The number of ether oxygens (including phenoxy) is 1. The maximum Gasteiger partial charge on any atom is 0.258 e. The van der Waals surface area contributed by atoms with E-state index < -0.39 is 0 Å². The van der Waals surface area contributed by atoms with Gasteiger partial charge in [0.25, 0.3) is 5.91 Å². The van der Waals surface area contributed by atoms with Crippen molar-refractivity contribution in [2.45, 2.75) is 59.9 Å². The lowest BCUT2D eigenvalue weighted by Gasteiger charge is -2.31. The molecule has 0 fully saturated rings. The van der Waals surface area contributed by atoms with Gasteiger partial charge in [0.05, 0.1) is 6.04 Å². The normalized spacial score (nSPS) is 12.7. The van der Waals surface area contributed by atoms with Crippen LogP contribution in [0.3, 0.4) is 0 Å². The molecule has 0 saturated carbocycles. The number of hydrogen-bond donors (Lipinski definition) is 1. The van der Waals surface area contributed by atoms with Gasteiger partial charge in [-0.05, 0) is 66.7 Å². The Morgan fingerprint density at radius 3 is 2.17 bits per heavy atom. The van der Waals surface area contributed by atoms with Crippen LogP contribution in [-0.2, 0) is 10.2 Å². The van der Waals surface area contributed by atoms with Gasteiger partial charge in [0, 0.05) is 6.54 Å². The highest BCUT2D eigenvalue weighted by molar-refractivity contribution is 5.77. The van der Waals surface area contributed by atoms with Crippen LogP contribution in [0.15, 0.2) is 42.5 Å². The second kappa shape index (κ2) is 10.6. The second-order valence-electron chi connectivity index (χ2n) is 8.95. The summed E-state index contributed by atoms with van der Waals surface area (Å²) in [5.41, 5.74) is 5.04. The van der Waals surface area contributed by atoms with Gasteiger partial charge in [-0.3, -0.25) is 9.69 Å². The Kier molecular flexibility index (Phi) is 8.48. The van der Waals surface area contributed by atoms with E-state index >= 15 is 0 Å². The number of carbonyl (C=O) groups excluding carboxylic acids is 1. The third kappa shape index (κ3) is 6.60. The molecule has 0 bridgehead atoms. The summed E-state index contributed by atoms with van der Waals surface area (Å²) in [6, 6.07) is 14.8. The maximum atomic E-state index is 12.4. The van der Waals surface area contributed by atoms with Crippen molar-refractivity contribution in [3.05, 3.63) is 64.7 Å². The van der Waals surface area contributed by atoms with Gasteiger partial charge in [-0.2, -0.15) is 0 Å². The topological polar surface area (TPSA) is 41.6 Å². The van der Waals surface area contributed by atoms with Crippen LogP contribution in [0.25, 0.3) is 0 Å². The molecule has 0 saturated heterocycles. The first-order valence-corrected chi connectivity index (χ1v) is 11.0. The van der Waals surface area contributed by atoms with Crippen molar-refractivity contribution in [1.29, 1.82) is 0 Å². The van der Waals surface area contributed by atoms with E-state index in [2.05, 4.69) is 76.0 Å². The molecule has 2 aromatic carbocycles. The van der Waals surface area contributed by atoms with Crippen LogP contribution in [0.5, 0.6) is 5.75 Å². The number of nitrogens with zero attached hydrogens (tertiary/aromatic N) is 1. The molecule has 4 heteroatoms. The molecule has 0 radical (unpaired) electrons. The molecule has 4 nitrogen and oxygen atoms in total. The smallest absolute Gasteiger partial charge is 0.258 e. The summed E-state index contributed by atoms with van der Waals surface area (Å²) in [6.45, 7) is 17.5. The van der Waals surface area contributed by atoms with Gasteiger partial charge in [-0.25, -0.2) is 0 Å². The van der Waals surface area contributed by atoms with Crippen LogP contribution in [-0.4, -0.2) is 37.0 Å². The summed E-state index contributed by atoms with van der Waals surface area (Å²) in [7, 11) is 0. The van der Waals surface area contributed by atoms with Crippen molar-refractivity contribution in [1.82, 2.24) is 10.2 Å². The van der Waals surface area contributed by atoms with E-state index in [0.717, 1.165) is 24.4 Å². The fourth-order valence-corrected chi connectivity index (χ4v) is 3.54. The molecule has 0 unspecified atom stereocenters. The first-order valence-electron chi connectivity index (χ1n) is 11.0. The first-order chi connectivity index (χ1) is 14.2. The number of hydrogen-bond acceptors (Lipinski definition) is 3. The third-order valence-electron chi connectivity index (χ3n) is 5.76. The lowest BCUT2D eigenvalue weighted by atomic mass is 9.86. The fraction of sp³-hybridized carbons (Fsp3) is 0.500. The highest BCUT2D eigenvalue weighted by atomic mass is 16.5. The fourth-order valence-electron chi connectivity index (χ4n) is 3.54. The quantitative estimate of drug-likeness (QED) is 0.619. The number of likely N-dealkylation sites (N-methyl/N-ethyl adjacent to an activating group) is 1. The molecule has 0 aliphatic carbocycles. The summed E-state index contributed by atoms with van der Waals surface area (Å²) in [5, 5.41) is 3.07. The molecule has 1 amide bonds. The lowest BCUT2D eigenvalue weighted by Crippen LogP contribution is -2.39. The molecule has 0 heterocycles. The molecule has 0 aliphatic rings. The van der Waals surface area contributed by atoms with E-state index in [-0.39, 0.29) is 24.0 Å². The predicted molar refractivity (Wildman–Crippen MR) is 125 cm³/mol. The van der Waals surface area contributed by atoms with Gasteiger partial charge >= 0.3 is 0 Å². The molecule has 0 aliphatic heterocycles. The Balaban J connectivity index is 2.02. The lowest BCUT2D eigenvalue weighted by molar-refractivity contribution is -0.123. The minimum absolute atomic E-state index is 0.0242. The third-order valence-corrected chi connectivity index (χ3v) is 5.76. The van der Waals surface area contributed by atoms with E-state index in [1.165, 1.54) is 16.7 Å². The Labute approximate surface area is 182 Å². The van der Waals surface area contributed by atoms with E-state index in [1.54, 1.807) is 0 Å². The van der Waals surface area contributed by atoms with E-state index in [1.807, 2.05) is 25.1 Å². The van der Waals surface area contributed by atoms with Crippen LogP contribution in [0.1, 0.15) is 62.9 Å². The molecule has 0 spiro atoms. The highest BCUT2D eigenvalue weighted by Crippen LogP contribution is 2.26. The van der Waals surface area contributed by atoms with Crippen molar-refractivity contribution in [2.24, 2.45) is 0 Å². The Bertz CT molecular complexity index is 818. The summed E-state index contributed by atoms with van der Waals surface area (Å²) >= 11 is 0. The Morgan fingerprint density at radius 2 is 1.63 bits per heavy atom. The minimum Gasteiger partial charge on any atom is -0.484 e. The molecule has 30 heavy (non-hydrogen) atoms. The second-order valence-corrected chi connectivity index (χ2v) is 8.95. The molecule has 2 aromatic rings. The van der Waals surface area contributed by atoms with E-state index in [0.29, 0.717) is 6.54 Å². The van der Waals surface area contributed by atoms with E-state index in [9.17, 15) is 4.79 Å². The average molecular weight is 411 g/mol. The van der Waals surface area contributed by atoms with Crippen LogP contribution >= 0.6 is 0 Å². The highest BCUT2D eigenvalue weighted by Gasteiger charge is 2.20.